The van der Waals surface area contributed by atoms with Crippen LogP contribution in [0.25, 0.3) is 0 Å². The fraction of sp³-hybridized carbons (Fsp3) is 0.364. The molecule has 0 heterocycles. The molecule has 1 N–H and O–H groups in total. The van der Waals surface area contributed by atoms with Gasteiger partial charge in [0.25, 0.3) is 0 Å². The molecule has 1 saturated carbocycles. The first-order valence-corrected chi connectivity index (χ1v) is 5.07. The van der Waals surface area contributed by atoms with Crippen molar-refractivity contribution in [3.63, 3.8) is 0 Å². The molecule has 1 fully saturated rings. The van der Waals surface area contributed by atoms with Crippen LogP contribution >= 0.6 is 0 Å². The van der Waals surface area contributed by atoms with Crippen molar-refractivity contribution in [2.24, 2.45) is 0 Å². The lowest BCUT2D eigenvalue weighted by Crippen LogP contribution is -2.21. The van der Waals surface area contributed by atoms with Gasteiger partial charge in [0, 0.05) is 6.07 Å². The van der Waals surface area contributed by atoms with Crippen molar-refractivity contribution in [2.75, 3.05) is 7.11 Å². The molecule has 6 heteroatoms. The summed E-state index contributed by atoms with van der Waals surface area (Å²) in [5.41, 5.74) is -0.626. The topological polar surface area (TPSA) is 89.7 Å². The molecule has 0 aliphatic heterocycles. The van der Waals surface area contributed by atoms with Crippen LogP contribution in [0, 0.1) is 10.1 Å². The van der Waals surface area contributed by atoms with Crippen LogP contribution in [0.3, 0.4) is 0 Å². The zero-order valence-electron chi connectivity index (χ0n) is 9.17. The zero-order valence-corrected chi connectivity index (χ0v) is 9.17. The van der Waals surface area contributed by atoms with Gasteiger partial charge in [0.05, 0.1) is 17.4 Å². The van der Waals surface area contributed by atoms with Gasteiger partial charge in [0.15, 0.2) is 5.75 Å². The van der Waals surface area contributed by atoms with Crippen LogP contribution < -0.4 is 0 Å². The van der Waals surface area contributed by atoms with Crippen LogP contribution in [0.2, 0.25) is 0 Å². The third-order valence-electron chi connectivity index (χ3n) is 3.05. The quantitative estimate of drug-likeness (QED) is 0.488. The molecule has 0 radical (unpaired) electrons. The minimum atomic E-state index is -0.757. The predicted octanol–water partition coefficient (Wildman–Crippen LogP) is 1.50. The Morgan fingerprint density at radius 3 is 2.65 bits per heavy atom. The van der Waals surface area contributed by atoms with E-state index >= 15 is 0 Å². The number of ether oxygens (including phenoxy) is 1. The summed E-state index contributed by atoms with van der Waals surface area (Å²) >= 11 is 0. The molecule has 0 unspecified atom stereocenters. The van der Waals surface area contributed by atoms with E-state index in [1.54, 1.807) is 0 Å². The van der Waals surface area contributed by atoms with Gasteiger partial charge in [-0.3, -0.25) is 14.9 Å². The minimum absolute atomic E-state index is 0.391. The Hall–Kier alpha value is -2.11. The van der Waals surface area contributed by atoms with Crippen LogP contribution in [-0.4, -0.2) is 23.1 Å². The molecule has 0 spiro atoms. The summed E-state index contributed by atoms with van der Waals surface area (Å²) in [5.74, 6) is -0.795. The van der Waals surface area contributed by atoms with Crippen molar-refractivity contribution in [3.8, 4) is 5.75 Å². The normalized spacial score (nSPS) is 16.3. The Kier molecular flexibility index (Phi) is 2.49. The smallest absolute Gasteiger partial charge is 0.316 e. The molecule has 2 rings (SSSR count). The summed E-state index contributed by atoms with van der Waals surface area (Å²) in [7, 11) is 1.29. The Balaban J connectivity index is 2.44. The van der Waals surface area contributed by atoms with Crippen LogP contribution in [0.15, 0.2) is 18.2 Å². The first-order chi connectivity index (χ1) is 8.01. The fourth-order valence-electron chi connectivity index (χ4n) is 1.90. The molecule has 17 heavy (non-hydrogen) atoms. The van der Waals surface area contributed by atoms with E-state index < -0.39 is 27.7 Å². The van der Waals surface area contributed by atoms with E-state index in [9.17, 15) is 20.0 Å². The summed E-state index contributed by atoms with van der Waals surface area (Å²) in [6, 6.07) is 3.99. The number of carbonyl (C=O) groups is 1. The van der Waals surface area contributed by atoms with Gasteiger partial charge in [-0.1, -0.05) is 6.07 Å². The molecule has 1 aromatic rings. The van der Waals surface area contributed by atoms with E-state index in [1.165, 1.54) is 25.3 Å². The van der Waals surface area contributed by atoms with Crippen molar-refractivity contribution in [3.05, 3.63) is 33.9 Å². The molecule has 0 bridgehead atoms. The minimum Gasteiger partial charge on any atom is -0.502 e. The number of rotatable bonds is 3. The summed E-state index contributed by atoms with van der Waals surface area (Å²) in [4.78, 5) is 21.6. The fourth-order valence-corrected chi connectivity index (χ4v) is 1.90. The number of phenolic OH excluding ortho intramolecular Hbond substituents is 1. The van der Waals surface area contributed by atoms with E-state index in [0.29, 0.717) is 18.4 Å². The number of phenols is 1. The van der Waals surface area contributed by atoms with Gasteiger partial charge in [-0.15, -0.1) is 0 Å². The van der Waals surface area contributed by atoms with Crippen molar-refractivity contribution < 1.29 is 19.6 Å². The number of hydrogen-bond acceptors (Lipinski definition) is 5. The predicted molar refractivity (Wildman–Crippen MR) is 57.7 cm³/mol. The molecule has 6 nitrogen and oxygen atoms in total. The van der Waals surface area contributed by atoms with Crippen molar-refractivity contribution in [2.45, 2.75) is 18.3 Å². The van der Waals surface area contributed by atoms with E-state index in [0.717, 1.165) is 0 Å². The molecule has 0 saturated heterocycles. The highest BCUT2D eigenvalue weighted by atomic mass is 16.6. The van der Waals surface area contributed by atoms with Crippen molar-refractivity contribution in [1.82, 2.24) is 0 Å². The van der Waals surface area contributed by atoms with Crippen LogP contribution in [0.5, 0.6) is 5.75 Å². The number of carbonyl (C=O) groups excluding carboxylic acids is 1. The SMILES string of the molecule is COC(=O)C1(c2ccc(O)c([N+](=O)[O-])c2)CC1. The van der Waals surface area contributed by atoms with Crippen molar-refractivity contribution in [1.29, 1.82) is 0 Å². The van der Waals surface area contributed by atoms with Crippen LogP contribution in [0.1, 0.15) is 18.4 Å². The molecule has 0 atom stereocenters. The first-order valence-electron chi connectivity index (χ1n) is 5.07. The van der Waals surface area contributed by atoms with Gasteiger partial charge in [-0.05, 0) is 24.5 Å². The second-order valence-corrected chi connectivity index (χ2v) is 4.03. The van der Waals surface area contributed by atoms with E-state index in [1.807, 2.05) is 0 Å². The third kappa shape index (κ3) is 1.71. The summed E-state index contributed by atoms with van der Waals surface area (Å²) in [6.45, 7) is 0. The molecule has 90 valence electrons. The zero-order chi connectivity index (χ0) is 12.6. The highest BCUT2D eigenvalue weighted by Crippen LogP contribution is 2.50. The lowest BCUT2D eigenvalue weighted by atomic mass is 9.95. The summed E-state index contributed by atoms with van der Waals surface area (Å²) in [6.07, 6.45) is 1.23. The second kappa shape index (κ2) is 3.73. The van der Waals surface area contributed by atoms with E-state index in [4.69, 9.17) is 4.74 Å². The Morgan fingerprint density at radius 2 is 2.18 bits per heavy atom. The highest BCUT2D eigenvalue weighted by Gasteiger charge is 2.53. The maximum absolute atomic E-state index is 11.6. The van der Waals surface area contributed by atoms with Crippen LogP contribution in [-0.2, 0) is 14.9 Å². The highest BCUT2D eigenvalue weighted by molar-refractivity contribution is 5.86. The van der Waals surface area contributed by atoms with Gasteiger partial charge in [0.1, 0.15) is 0 Å². The number of benzene rings is 1. The number of methoxy groups -OCH3 is 1. The average molecular weight is 237 g/mol. The van der Waals surface area contributed by atoms with Gasteiger partial charge >= 0.3 is 11.7 Å². The maximum Gasteiger partial charge on any atom is 0.316 e. The summed E-state index contributed by atoms with van der Waals surface area (Å²) in [5, 5.41) is 20.0. The molecule has 1 aliphatic rings. The second-order valence-electron chi connectivity index (χ2n) is 4.03. The third-order valence-corrected chi connectivity index (χ3v) is 3.05. The Bertz CT molecular complexity index is 493. The number of nitrogens with zero attached hydrogens (tertiary/aromatic N) is 1. The largest absolute Gasteiger partial charge is 0.502 e. The molecular weight excluding hydrogens is 226 g/mol. The van der Waals surface area contributed by atoms with Gasteiger partial charge in [0.2, 0.25) is 0 Å². The molecule has 0 amide bonds. The lowest BCUT2D eigenvalue weighted by Gasteiger charge is -2.12. The Labute approximate surface area is 97.0 Å². The number of nitro benzene ring substituents is 1. The molecule has 0 aromatic heterocycles. The standard InChI is InChI=1S/C11H11NO5/c1-17-10(14)11(4-5-11)7-2-3-9(13)8(6-7)12(15)16/h2-3,6,13H,4-5H2,1H3. The van der Waals surface area contributed by atoms with Gasteiger partial charge in [-0.2, -0.15) is 0 Å². The summed E-state index contributed by atoms with van der Waals surface area (Å²) < 4.78 is 4.69. The lowest BCUT2D eigenvalue weighted by molar-refractivity contribution is -0.385. The maximum atomic E-state index is 11.6. The van der Waals surface area contributed by atoms with Gasteiger partial charge in [-0.25, -0.2) is 0 Å². The molecule has 1 aliphatic carbocycles. The first kappa shape index (κ1) is 11.4. The number of hydrogen-bond donors (Lipinski definition) is 1. The average Bonchev–Trinajstić information content (AvgIpc) is 3.09. The van der Waals surface area contributed by atoms with E-state index in [-0.39, 0.29) is 0 Å². The number of esters is 1. The van der Waals surface area contributed by atoms with Gasteiger partial charge < -0.3 is 9.84 Å². The van der Waals surface area contributed by atoms with Crippen molar-refractivity contribution >= 4 is 11.7 Å². The monoisotopic (exact) mass is 237 g/mol. The molecular formula is C11H11NO5. The Morgan fingerprint density at radius 1 is 1.53 bits per heavy atom. The van der Waals surface area contributed by atoms with E-state index in [2.05, 4.69) is 0 Å². The number of aromatic hydroxyl groups is 1. The number of nitro groups is 1. The molecule has 1 aromatic carbocycles. The van der Waals surface area contributed by atoms with Crippen LogP contribution in [0.4, 0.5) is 5.69 Å².